The number of halogens is 4. The molecule has 0 rings (SSSR count). The van der Waals surface area contributed by atoms with E-state index in [4.69, 9.17) is 4.74 Å². The molecule has 0 aromatic rings. The third-order valence-corrected chi connectivity index (χ3v) is 1.84. The molecule has 0 aromatic carbocycles. The molecule has 0 aliphatic rings. The van der Waals surface area contributed by atoms with E-state index in [-0.39, 0.29) is 19.6 Å². The minimum Gasteiger partial charge on any atom is -0.379 e. The van der Waals surface area contributed by atoms with E-state index in [1.165, 1.54) is 0 Å². The second kappa shape index (κ2) is 9.35. The van der Waals surface area contributed by atoms with Crippen molar-refractivity contribution < 1.29 is 31.8 Å². The number of rotatable bonds is 10. The number of unbranched alkanes of at least 4 members (excludes halogenated alkanes) is 2. The van der Waals surface area contributed by atoms with E-state index in [0.29, 0.717) is 19.4 Å². The van der Waals surface area contributed by atoms with Crippen LogP contribution in [0.25, 0.3) is 0 Å². The molecule has 17 heavy (non-hydrogen) atoms. The molecule has 0 unspecified atom stereocenters. The van der Waals surface area contributed by atoms with Crippen LogP contribution < -0.4 is 0 Å². The first-order chi connectivity index (χ1) is 7.92. The quantitative estimate of drug-likeness (QED) is 0.344. The monoisotopic (exact) mass is 260 g/mol. The first-order valence-electron chi connectivity index (χ1n) is 5.32. The lowest BCUT2D eigenvalue weighted by Crippen LogP contribution is -2.10. The minimum absolute atomic E-state index is 0.0954. The molecule has 102 valence electrons. The Labute approximate surface area is 97.1 Å². The highest BCUT2D eigenvalue weighted by Gasteiger charge is 2.25. The third kappa shape index (κ3) is 15.3. The maximum absolute atomic E-state index is 11.7. The fraction of sp³-hybridized carbons (Fsp3) is 0.900. The van der Waals surface area contributed by atoms with Crippen molar-refractivity contribution in [3.8, 4) is 0 Å². The Morgan fingerprint density at radius 3 is 2.18 bits per heavy atom. The van der Waals surface area contributed by atoms with E-state index < -0.39 is 25.2 Å². The molecule has 0 aromatic heterocycles. The Morgan fingerprint density at radius 2 is 1.59 bits per heavy atom. The van der Waals surface area contributed by atoms with Crippen molar-refractivity contribution in [2.45, 2.75) is 31.9 Å². The minimum atomic E-state index is -4.09. The van der Waals surface area contributed by atoms with Gasteiger partial charge in [-0.25, -0.2) is 0 Å². The zero-order valence-corrected chi connectivity index (χ0v) is 9.39. The summed E-state index contributed by atoms with van der Waals surface area (Å²) >= 11 is 0. The molecule has 0 saturated heterocycles. The van der Waals surface area contributed by atoms with Crippen molar-refractivity contribution >= 4 is 6.04 Å². The van der Waals surface area contributed by atoms with Crippen LogP contribution in [-0.4, -0.2) is 38.6 Å². The Kier molecular flexibility index (Phi) is 8.97. The van der Waals surface area contributed by atoms with E-state index in [2.05, 4.69) is 4.74 Å². The summed E-state index contributed by atoms with van der Waals surface area (Å²) in [6.45, 7) is 0.0461. The van der Waals surface area contributed by atoms with Gasteiger partial charge in [0.2, 0.25) is 0 Å². The van der Waals surface area contributed by atoms with Crippen LogP contribution in [0.1, 0.15) is 25.7 Å². The van der Waals surface area contributed by atoms with Gasteiger partial charge in [0.15, 0.2) is 0 Å². The molecule has 0 bridgehead atoms. The summed E-state index contributed by atoms with van der Waals surface area (Å²) in [5.74, 6) is 0. The van der Waals surface area contributed by atoms with E-state index in [9.17, 15) is 22.4 Å². The maximum atomic E-state index is 11.7. The van der Waals surface area contributed by atoms with E-state index in [0.717, 1.165) is 0 Å². The molecule has 0 aliphatic carbocycles. The summed E-state index contributed by atoms with van der Waals surface area (Å²) in [5, 5.41) is 0. The number of hydrogen-bond acceptors (Lipinski definition) is 3. The second-order valence-corrected chi connectivity index (χ2v) is 3.45. The lowest BCUT2D eigenvalue weighted by Gasteiger charge is -2.06. The highest BCUT2D eigenvalue weighted by molar-refractivity contribution is 5.69. The molecular formula is C10H16F4O3. The van der Waals surface area contributed by atoms with Crippen molar-refractivity contribution in [1.82, 2.24) is 0 Å². The molecule has 3 nitrogen and oxygen atoms in total. The summed E-state index contributed by atoms with van der Waals surface area (Å²) in [4.78, 5) is 9.81. The zero-order valence-electron chi connectivity index (χ0n) is 9.39. The molecule has 0 fully saturated rings. The van der Waals surface area contributed by atoms with Gasteiger partial charge in [-0.3, -0.25) is 4.79 Å². The highest BCUT2D eigenvalue weighted by Crippen LogP contribution is 2.22. The van der Waals surface area contributed by atoms with Crippen LogP contribution in [0, 0.1) is 0 Å². The van der Waals surface area contributed by atoms with Crippen molar-refractivity contribution in [1.29, 1.82) is 0 Å². The number of ether oxygens (including phenoxy) is 2. The molecule has 7 heteroatoms. The maximum Gasteiger partial charge on any atom is 0.389 e. The van der Waals surface area contributed by atoms with Gasteiger partial charge in [0.05, 0.1) is 13.2 Å². The zero-order chi connectivity index (χ0) is 13.1. The molecule has 0 spiro atoms. The summed E-state index contributed by atoms with van der Waals surface area (Å²) in [6, 6.07) is -1.54. The van der Waals surface area contributed by atoms with Gasteiger partial charge >= 0.3 is 12.2 Å². The largest absolute Gasteiger partial charge is 0.389 e. The predicted molar refractivity (Wildman–Crippen MR) is 52.3 cm³/mol. The summed E-state index contributed by atoms with van der Waals surface area (Å²) in [5.41, 5.74) is 0. The van der Waals surface area contributed by atoms with E-state index in [1.807, 2.05) is 0 Å². The molecule has 0 radical (unpaired) electrons. The SMILES string of the molecule is O=C(F)COCCOCCCCCC(F)(F)F. The van der Waals surface area contributed by atoms with E-state index >= 15 is 0 Å². The Balaban J connectivity index is 3.06. The van der Waals surface area contributed by atoms with Gasteiger partial charge < -0.3 is 9.47 Å². The molecule has 0 atom stereocenters. The molecule has 0 amide bonds. The normalized spacial score (nSPS) is 11.8. The van der Waals surface area contributed by atoms with Gasteiger partial charge in [-0.1, -0.05) is 6.42 Å². The van der Waals surface area contributed by atoms with Crippen molar-refractivity contribution in [2.75, 3.05) is 26.4 Å². The van der Waals surface area contributed by atoms with Crippen LogP contribution in [0.15, 0.2) is 0 Å². The standard InChI is InChI=1S/C10H16F4O3/c11-9(15)8-17-7-6-16-5-3-1-2-4-10(12,13)14/h1-8H2. The average molecular weight is 260 g/mol. The van der Waals surface area contributed by atoms with Crippen molar-refractivity contribution in [3.05, 3.63) is 0 Å². The topological polar surface area (TPSA) is 35.5 Å². The smallest absolute Gasteiger partial charge is 0.379 e. The van der Waals surface area contributed by atoms with Crippen LogP contribution in [0.4, 0.5) is 17.6 Å². The number of hydrogen-bond donors (Lipinski definition) is 0. The highest BCUT2D eigenvalue weighted by atomic mass is 19.4. The molecule has 0 heterocycles. The summed E-state index contributed by atoms with van der Waals surface area (Å²) in [6.07, 6.45) is -3.77. The molecule has 0 saturated carbocycles. The van der Waals surface area contributed by atoms with Gasteiger partial charge in [0.25, 0.3) is 0 Å². The fourth-order valence-corrected chi connectivity index (χ4v) is 1.08. The van der Waals surface area contributed by atoms with Gasteiger partial charge in [0, 0.05) is 13.0 Å². The number of carbonyl (C=O) groups is 1. The average Bonchev–Trinajstić information content (AvgIpc) is 2.18. The van der Waals surface area contributed by atoms with Crippen molar-refractivity contribution in [3.63, 3.8) is 0 Å². The molecular weight excluding hydrogens is 244 g/mol. The Hall–Kier alpha value is -0.690. The van der Waals surface area contributed by atoms with Gasteiger partial charge in [0.1, 0.15) is 6.61 Å². The summed E-state index contributed by atoms with van der Waals surface area (Å²) in [7, 11) is 0. The first kappa shape index (κ1) is 16.3. The van der Waals surface area contributed by atoms with Crippen LogP contribution in [-0.2, 0) is 14.3 Å². The Bertz CT molecular complexity index is 206. The predicted octanol–water partition coefficient (Wildman–Crippen LogP) is 2.64. The lowest BCUT2D eigenvalue weighted by molar-refractivity contribution is -0.136. The van der Waals surface area contributed by atoms with Crippen molar-refractivity contribution in [2.24, 2.45) is 0 Å². The first-order valence-corrected chi connectivity index (χ1v) is 5.32. The van der Waals surface area contributed by atoms with Gasteiger partial charge in [-0.15, -0.1) is 0 Å². The molecule has 0 aliphatic heterocycles. The van der Waals surface area contributed by atoms with Crippen LogP contribution >= 0.6 is 0 Å². The number of alkyl halides is 3. The van der Waals surface area contributed by atoms with Gasteiger partial charge in [-0.05, 0) is 12.8 Å². The molecule has 0 N–H and O–H groups in total. The van der Waals surface area contributed by atoms with E-state index in [1.54, 1.807) is 0 Å². The van der Waals surface area contributed by atoms with Crippen LogP contribution in [0.5, 0.6) is 0 Å². The third-order valence-electron chi connectivity index (χ3n) is 1.84. The lowest BCUT2D eigenvalue weighted by atomic mass is 10.2. The van der Waals surface area contributed by atoms with Gasteiger partial charge in [-0.2, -0.15) is 17.6 Å². The fourth-order valence-electron chi connectivity index (χ4n) is 1.08. The Morgan fingerprint density at radius 1 is 0.941 bits per heavy atom. The second-order valence-electron chi connectivity index (χ2n) is 3.45. The number of carbonyl (C=O) groups excluding carboxylic acids is 1. The van der Waals surface area contributed by atoms with Crippen LogP contribution in [0.2, 0.25) is 0 Å². The van der Waals surface area contributed by atoms with Crippen LogP contribution in [0.3, 0.4) is 0 Å². The summed E-state index contributed by atoms with van der Waals surface area (Å²) < 4.78 is 56.4.